The maximum atomic E-state index is 14.9. The number of amides is 2. The fourth-order valence-electron chi connectivity index (χ4n) is 3.65. The zero-order chi connectivity index (χ0) is 24.7. The second kappa shape index (κ2) is 12.1. The minimum absolute atomic E-state index is 0.123. The first-order chi connectivity index (χ1) is 16.3. The van der Waals surface area contributed by atoms with Gasteiger partial charge in [0.25, 0.3) is 5.17 Å². The van der Waals surface area contributed by atoms with E-state index in [2.05, 4.69) is 5.32 Å². The molecular weight excluding hydrogens is 471 g/mol. The summed E-state index contributed by atoms with van der Waals surface area (Å²) in [6.07, 6.45) is -2.04. The SMILES string of the molecule is COC(=S)NC[C@H]1CN(c2ccc(N3CCN(C(=O)COCC(O)CO)CC3)c(F)c2)C(=O)O1. The van der Waals surface area contributed by atoms with Crippen molar-refractivity contribution in [1.29, 1.82) is 0 Å². The average molecular weight is 501 g/mol. The van der Waals surface area contributed by atoms with Crippen LogP contribution in [0.5, 0.6) is 0 Å². The maximum Gasteiger partial charge on any atom is 0.414 e. The number of nitrogens with one attached hydrogen (secondary N) is 1. The van der Waals surface area contributed by atoms with E-state index in [0.717, 1.165) is 0 Å². The lowest BCUT2D eigenvalue weighted by molar-refractivity contribution is -0.137. The Morgan fingerprint density at radius 1 is 1.35 bits per heavy atom. The summed E-state index contributed by atoms with van der Waals surface area (Å²) in [5.74, 6) is -0.711. The molecule has 3 rings (SSSR count). The summed E-state index contributed by atoms with van der Waals surface area (Å²) in [5, 5.41) is 21.0. The van der Waals surface area contributed by atoms with E-state index in [-0.39, 0.29) is 37.4 Å². The van der Waals surface area contributed by atoms with Gasteiger partial charge in [-0.15, -0.1) is 0 Å². The highest BCUT2D eigenvalue weighted by molar-refractivity contribution is 7.80. The Kier molecular flexibility index (Phi) is 9.21. The van der Waals surface area contributed by atoms with Crippen molar-refractivity contribution >= 4 is 40.8 Å². The quantitative estimate of drug-likeness (QED) is 0.389. The van der Waals surface area contributed by atoms with Crippen LogP contribution in [0.15, 0.2) is 18.2 Å². The Balaban J connectivity index is 1.51. The first kappa shape index (κ1) is 25.9. The van der Waals surface area contributed by atoms with Gasteiger partial charge in [0, 0.05) is 26.2 Å². The molecule has 0 saturated carbocycles. The molecule has 0 radical (unpaired) electrons. The minimum Gasteiger partial charge on any atom is -0.474 e. The summed E-state index contributed by atoms with van der Waals surface area (Å²) in [5.41, 5.74) is 0.772. The van der Waals surface area contributed by atoms with E-state index in [0.29, 0.717) is 37.6 Å². The summed E-state index contributed by atoms with van der Waals surface area (Å²) in [6, 6.07) is 4.57. The zero-order valence-electron chi connectivity index (χ0n) is 18.8. The molecule has 1 aromatic rings. The van der Waals surface area contributed by atoms with Crippen molar-refractivity contribution in [2.45, 2.75) is 12.2 Å². The monoisotopic (exact) mass is 500 g/mol. The number of hydrogen-bond acceptors (Lipinski definition) is 9. The molecule has 11 nitrogen and oxygen atoms in total. The van der Waals surface area contributed by atoms with Crippen molar-refractivity contribution in [2.75, 3.05) is 76.0 Å². The largest absolute Gasteiger partial charge is 0.474 e. The van der Waals surface area contributed by atoms with Crippen LogP contribution in [0.25, 0.3) is 0 Å². The summed E-state index contributed by atoms with van der Waals surface area (Å²) in [4.78, 5) is 29.3. The number of halogens is 1. The molecule has 2 fully saturated rings. The van der Waals surface area contributed by atoms with Crippen LogP contribution >= 0.6 is 12.2 Å². The van der Waals surface area contributed by atoms with E-state index in [9.17, 15) is 19.1 Å². The molecule has 0 aliphatic carbocycles. The van der Waals surface area contributed by atoms with Gasteiger partial charge < -0.3 is 39.5 Å². The van der Waals surface area contributed by atoms with Crippen molar-refractivity contribution in [2.24, 2.45) is 0 Å². The summed E-state index contributed by atoms with van der Waals surface area (Å²) >= 11 is 4.90. The van der Waals surface area contributed by atoms with Crippen LogP contribution in [0.1, 0.15) is 0 Å². The molecule has 2 aliphatic heterocycles. The number of rotatable bonds is 9. The number of cyclic esters (lactones) is 1. The lowest BCUT2D eigenvalue weighted by atomic mass is 10.2. The van der Waals surface area contributed by atoms with E-state index in [1.54, 1.807) is 17.0 Å². The van der Waals surface area contributed by atoms with Crippen molar-refractivity contribution in [3.63, 3.8) is 0 Å². The van der Waals surface area contributed by atoms with E-state index in [1.165, 1.54) is 18.1 Å². The number of thiocarbonyl (C=S) groups is 1. The van der Waals surface area contributed by atoms with Gasteiger partial charge in [-0.3, -0.25) is 9.69 Å². The van der Waals surface area contributed by atoms with Crippen LogP contribution in [0.4, 0.5) is 20.6 Å². The molecule has 34 heavy (non-hydrogen) atoms. The van der Waals surface area contributed by atoms with Crippen molar-refractivity contribution in [3.05, 3.63) is 24.0 Å². The molecule has 3 N–H and O–H groups in total. The normalized spacial score (nSPS) is 19.1. The lowest BCUT2D eigenvalue weighted by Gasteiger charge is -2.36. The average Bonchev–Trinajstić information content (AvgIpc) is 3.22. The molecule has 2 amide bonds. The van der Waals surface area contributed by atoms with E-state index < -0.39 is 30.7 Å². The molecule has 0 bridgehead atoms. The molecule has 1 unspecified atom stereocenters. The topological polar surface area (TPSA) is 124 Å². The van der Waals surface area contributed by atoms with Gasteiger partial charge in [-0.1, -0.05) is 0 Å². The zero-order valence-corrected chi connectivity index (χ0v) is 19.6. The van der Waals surface area contributed by atoms with Crippen molar-refractivity contribution < 1.29 is 38.4 Å². The van der Waals surface area contributed by atoms with Gasteiger partial charge in [-0.2, -0.15) is 0 Å². The Morgan fingerprint density at radius 3 is 2.74 bits per heavy atom. The van der Waals surface area contributed by atoms with Gasteiger partial charge in [-0.05, 0) is 30.4 Å². The predicted molar refractivity (Wildman–Crippen MR) is 124 cm³/mol. The van der Waals surface area contributed by atoms with Crippen LogP contribution < -0.4 is 15.1 Å². The number of aliphatic hydroxyl groups is 2. The Bertz CT molecular complexity index is 885. The Labute approximate surface area is 201 Å². The minimum atomic E-state index is -1.02. The highest BCUT2D eigenvalue weighted by Gasteiger charge is 2.33. The van der Waals surface area contributed by atoms with Gasteiger partial charge in [0.05, 0.1) is 44.8 Å². The molecule has 188 valence electrons. The van der Waals surface area contributed by atoms with Gasteiger partial charge in [-0.25, -0.2) is 9.18 Å². The third-order valence-electron chi connectivity index (χ3n) is 5.50. The van der Waals surface area contributed by atoms with Crippen LogP contribution in [0.3, 0.4) is 0 Å². The molecule has 1 aromatic carbocycles. The lowest BCUT2D eigenvalue weighted by Crippen LogP contribution is -2.50. The summed E-state index contributed by atoms with van der Waals surface area (Å²) in [7, 11) is 1.44. The molecule has 2 atom stereocenters. The van der Waals surface area contributed by atoms with E-state index >= 15 is 0 Å². The third-order valence-corrected chi connectivity index (χ3v) is 5.81. The van der Waals surface area contributed by atoms with Crippen LogP contribution in [-0.2, 0) is 19.0 Å². The number of hydrogen-bond donors (Lipinski definition) is 3. The Morgan fingerprint density at radius 2 is 2.09 bits per heavy atom. The van der Waals surface area contributed by atoms with E-state index in [4.69, 9.17) is 31.5 Å². The number of aliphatic hydroxyl groups excluding tert-OH is 2. The fraction of sp³-hybridized carbons (Fsp3) is 0.571. The van der Waals surface area contributed by atoms with Gasteiger partial charge in [0.15, 0.2) is 0 Å². The number of ether oxygens (including phenoxy) is 3. The van der Waals surface area contributed by atoms with Crippen molar-refractivity contribution in [1.82, 2.24) is 10.2 Å². The van der Waals surface area contributed by atoms with Crippen LogP contribution in [0.2, 0.25) is 0 Å². The summed E-state index contributed by atoms with van der Waals surface area (Å²) < 4.78 is 30.2. The van der Waals surface area contributed by atoms with Gasteiger partial charge in [0.2, 0.25) is 5.91 Å². The molecule has 0 spiro atoms. The highest BCUT2D eigenvalue weighted by Crippen LogP contribution is 2.28. The van der Waals surface area contributed by atoms with Crippen LogP contribution in [0, 0.1) is 5.82 Å². The third kappa shape index (κ3) is 6.65. The molecule has 2 aliphatic rings. The molecule has 13 heteroatoms. The number of methoxy groups -OCH3 is 1. The standard InChI is InChI=1S/C21H29FN4O7S/c1-31-20(34)23-9-16-10-26(21(30)33-16)14-2-3-18(17(22)8-14)24-4-6-25(7-5-24)19(29)13-32-12-15(28)11-27/h2-3,8,15-16,27-28H,4-7,9-13H2,1H3,(H,23,34)/t15?,16-/m0/s1. The smallest absolute Gasteiger partial charge is 0.414 e. The van der Waals surface area contributed by atoms with Crippen molar-refractivity contribution in [3.8, 4) is 0 Å². The number of carbonyl (C=O) groups excluding carboxylic acids is 2. The van der Waals surface area contributed by atoms with E-state index in [1.807, 2.05) is 4.90 Å². The fourth-order valence-corrected chi connectivity index (χ4v) is 3.73. The molecule has 2 saturated heterocycles. The second-order valence-electron chi connectivity index (χ2n) is 7.84. The Hall–Kier alpha value is -2.74. The number of piperazine rings is 1. The second-order valence-corrected chi connectivity index (χ2v) is 8.21. The first-order valence-corrected chi connectivity index (χ1v) is 11.2. The van der Waals surface area contributed by atoms with Crippen LogP contribution in [-0.4, -0.2) is 111 Å². The maximum absolute atomic E-state index is 14.9. The molecule has 2 heterocycles. The number of carbonyl (C=O) groups is 2. The highest BCUT2D eigenvalue weighted by atomic mass is 32.1. The molecular formula is C21H29FN4O7S. The number of benzene rings is 1. The number of anilines is 2. The predicted octanol–water partition coefficient (Wildman–Crippen LogP) is -0.310. The van der Waals surface area contributed by atoms with Gasteiger partial charge >= 0.3 is 6.09 Å². The van der Waals surface area contributed by atoms with Gasteiger partial charge in [0.1, 0.15) is 24.6 Å². The first-order valence-electron chi connectivity index (χ1n) is 10.8. The summed E-state index contributed by atoms with van der Waals surface area (Å²) in [6.45, 7) is 1.42. The number of nitrogens with zero attached hydrogens (tertiary/aromatic N) is 3. The molecule has 0 aromatic heterocycles.